The molecule has 0 bridgehead atoms. The number of rotatable bonds is 4. The van der Waals surface area contributed by atoms with Crippen LogP contribution in [-0.2, 0) is 0 Å². The third-order valence-corrected chi connectivity index (χ3v) is 5.23. The van der Waals surface area contributed by atoms with Crippen molar-refractivity contribution < 1.29 is 4.42 Å². The van der Waals surface area contributed by atoms with Gasteiger partial charge in [0.2, 0.25) is 0 Å². The first-order chi connectivity index (χ1) is 12.1. The van der Waals surface area contributed by atoms with Gasteiger partial charge in [-0.05, 0) is 30.3 Å². The van der Waals surface area contributed by atoms with Crippen LogP contribution < -0.4 is 0 Å². The zero-order chi connectivity index (χ0) is 17.8. The first-order valence-electron chi connectivity index (χ1n) is 8.02. The van der Waals surface area contributed by atoms with Crippen LogP contribution in [0.2, 0.25) is 10.0 Å². The molecule has 130 valence electrons. The van der Waals surface area contributed by atoms with Crippen molar-refractivity contribution >= 4 is 40.4 Å². The Balaban J connectivity index is 1.68. The Bertz CT molecular complexity index is 807. The van der Waals surface area contributed by atoms with Crippen molar-refractivity contribution in [3.05, 3.63) is 46.1 Å². The normalized spacial score (nSPS) is 15.2. The summed E-state index contributed by atoms with van der Waals surface area (Å²) in [6.45, 7) is 4.27. The van der Waals surface area contributed by atoms with Gasteiger partial charge < -0.3 is 9.32 Å². The number of piperazine rings is 1. The molecule has 2 heterocycles. The fourth-order valence-corrected chi connectivity index (χ4v) is 3.50. The maximum absolute atomic E-state index is 8.68. The van der Waals surface area contributed by atoms with Gasteiger partial charge in [0, 0.05) is 49.7 Å². The summed E-state index contributed by atoms with van der Waals surface area (Å²) < 4.78 is 5.93. The molecule has 25 heavy (non-hydrogen) atoms. The van der Waals surface area contributed by atoms with Crippen LogP contribution in [0, 0.1) is 11.3 Å². The molecule has 0 atom stereocenters. The molecule has 1 aliphatic rings. The highest BCUT2D eigenvalue weighted by Gasteiger charge is 2.21. The van der Waals surface area contributed by atoms with E-state index < -0.39 is 0 Å². The largest absolute Gasteiger partial charge is 0.454 e. The molecule has 1 fully saturated rings. The minimum Gasteiger partial charge on any atom is -0.454 e. The number of thiocarbonyl (C=S) groups is 1. The van der Waals surface area contributed by atoms with E-state index in [0.717, 1.165) is 38.3 Å². The molecule has 0 unspecified atom stereocenters. The molecule has 0 N–H and O–H groups in total. The zero-order valence-corrected chi connectivity index (χ0v) is 15.9. The molecule has 4 nitrogen and oxygen atoms in total. The van der Waals surface area contributed by atoms with E-state index in [9.17, 15) is 0 Å². The molecule has 1 saturated heterocycles. The minimum absolute atomic E-state index is 0.562. The lowest BCUT2D eigenvalue weighted by Crippen LogP contribution is -2.48. The van der Waals surface area contributed by atoms with Crippen molar-refractivity contribution in [3.8, 4) is 17.4 Å². The summed E-state index contributed by atoms with van der Waals surface area (Å²) >= 11 is 17.9. The Hall–Kier alpha value is -1.58. The van der Waals surface area contributed by atoms with Crippen molar-refractivity contribution in [2.45, 2.75) is 6.42 Å². The van der Waals surface area contributed by atoms with Gasteiger partial charge in [-0.3, -0.25) is 4.90 Å². The lowest BCUT2D eigenvalue weighted by Gasteiger charge is -2.35. The van der Waals surface area contributed by atoms with Crippen LogP contribution in [0.1, 0.15) is 12.2 Å². The molecule has 0 aliphatic carbocycles. The van der Waals surface area contributed by atoms with Gasteiger partial charge in [0.25, 0.3) is 0 Å². The summed E-state index contributed by atoms with van der Waals surface area (Å²) in [5.74, 6) is 1.31. The quantitative estimate of drug-likeness (QED) is 0.717. The first kappa shape index (κ1) is 18.2. The summed E-state index contributed by atoms with van der Waals surface area (Å²) in [6, 6.07) is 11.2. The van der Waals surface area contributed by atoms with Crippen molar-refractivity contribution in [2.24, 2.45) is 0 Å². The Morgan fingerprint density at radius 3 is 2.64 bits per heavy atom. The monoisotopic (exact) mass is 393 g/mol. The van der Waals surface area contributed by atoms with Crippen molar-refractivity contribution in [2.75, 3.05) is 32.7 Å². The van der Waals surface area contributed by atoms with Crippen LogP contribution in [0.25, 0.3) is 11.3 Å². The summed E-state index contributed by atoms with van der Waals surface area (Å²) in [5.41, 5.74) is 0.754. The molecule has 0 radical (unpaired) electrons. The third kappa shape index (κ3) is 4.34. The molecular formula is C18H17Cl2N3OS. The Labute approximate surface area is 162 Å². The fraction of sp³-hybridized carbons (Fsp3) is 0.333. The van der Waals surface area contributed by atoms with Gasteiger partial charge >= 0.3 is 0 Å². The molecular weight excluding hydrogens is 377 g/mol. The molecule has 2 aromatic rings. The average molecular weight is 394 g/mol. The predicted molar refractivity (Wildman–Crippen MR) is 104 cm³/mol. The highest BCUT2D eigenvalue weighted by molar-refractivity contribution is 7.80. The second-order valence-electron chi connectivity index (χ2n) is 5.83. The second kappa shape index (κ2) is 8.20. The molecule has 0 amide bonds. The number of nitrogens with zero attached hydrogens (tertiary/aromatic N) is 3. The zero-order valence-electron chi connectivity index (χ0n) is 13.5. The summed E-state index contributed by atoms with van der Waals surface area (Å²) in [5, 5.41) is 9.87. The molecule has 0 saturated carbocycles. The number of hydrogen-bond acceptors (Lipinski definition) is 4. The van der Waals surface area contributed by atoms with E-state index in [1.54, 1.807) is 18.2 Å². The molecule has 3 rings (SSSR count). The molecule has 1 aromatic heterocycles. The Morgan fingerprint density at radius 1 is 1.16 bits per heavy atom. The standard InChI is InChI=1S/C18H17Cl2N3OS/c19-13-2-3-15(20)14(12-13)16-4-5-17(24-16)18(25)23-10-8-22(9-11-23)7-1-6-21/h2-5,12H,1,7-11H2. The van der Waals surface area contributed by atoms with Gasteiger partial charge in [-0.2, -0.15) is 5.26 Å². The second-order valence-corrected chi connectivity index (χ2v) is 7.06. The molecule has 1 aromatic carbocycles. The Kier molecular flexibility index (Phi) is 5.98. The summed E-state index contributed by atoms with van der Waals surface area (Å²) in [7, 11) is 0. The van der Waals surface area contributed by atoms with E-state index in [2.05, 4.69) is 15.9 Å². The predicted octanol–water partition coefficient (Wildman–Crippen LogP) is 4.46. The number of furan rings is 1. The fourth-order valence-electron chi connectivity index (χ4n) is 2.82. The van der Waals surface area contributed by atoms with Crippen LogP contribution in [0.15, 0.2) is 34.7 Å². The topological polar surface area (TPSA) is 43.4 Å². The van der Waals surface area contributed by atoms with Gasteiger partial charge in [0.05, 0.1) is 11.1 Å². The lowest BCUT2D eigenvalue weighted by molar-refractivity contribution is 0.186. The van der Waals surface area contributed by atoms with Crippen LogP contribution in [-0.4, -0.2) is 47.5 Å². The number of benzene rings is 1. The highest BCUT2D eigenvalue weighted by atomic mass is 35.5. The van der Waals surface area contributed by atoms with Crippen LogP contribution >= 0.6 is 35.4 Å². The average Bonchev–Trinajstić information content (AvgIpc) is 3.11. The number of hydrogen-bond donors (Lipinski definition) is 0. The van der Waals surface area contributed by atoms with E-state index >= 15 is 0 Å². The van der Waals surface area contributed by atoms with Crippen molar-refractivity contribution in [1.29, 1.82) is 5.26 Å². The van der Waals surface area contributed by atoms with E-state index in [-0.39, 0.29) is 0 Å². The molecule has 1 aliphatic heterocycles. The third-order valence-electron chi connectivity index (χ3n) is 4.21. The maximum atomic E-state index is 8.68. The van der Waals surface area contributed by atoms with Crippen LogP contribution in [0.3, 0.4) is 0 Å². The molecule has 7 heteroatoms. The Morgan fingerprint density at radius 2 is 1.92 bits per heavy atom. The van der Waals surface area contributed by atoms with Crippen LogP contribution in [0.5, 0.6) is 0 Å². The molecule has 0 spiro atoms. The van der Waals surface area contributed by atoms with Gasteiger partial charge in [-0.1, -0.05) is 35.4 Å². The summed E-state index contributed by atoms with van der Waals surface area (Å²) in [4.78, 5) is 5.12. The van der Waals surface area contributed by atoms with E-state index in [1.807, 2.05) is 12.1 Å². The van der Waals surface area contributed by atoms with Gasteiger partial charge in [-0.25, -0.2) is 0 Å². The van der Waals surface area contributed by atoms with Gasteiger partial charge in [0.1, 0.15) is 10.7 Å². The lowest BCUT2D eigenvalue weighted by atomic mass is 10.2. The first-order valence-corrected chi connectivity index (χ1v) is 9.19. The number of nitriles is 1. The van der Waals surface area contributed by atoms with Crippen molar-refractivity contribution in [1.82, 2.24) is 9.80 Å². The summed E-state index contributed by atoms with van der Waals surface area (Å²) in [6.07, 6.45) is 0.562. The maximum Gasteiger partial charge on any atom is 0.162 e. The van der Waals surface area contributed by atoms with Crippen LogP contribution in [0.4, 0.5) is 0 Å². The van der Waals surface area contributed by atoms with E-state index in [4.69, 9.17) is 45.1 Å². The minimum atomic E-state index is 0.562. The number of halogens is 2. The van der Waals surface area contributed by atoms with Gasteiger partial charge in [0.15, 0.2) is 5.76 Å². The van der Waals surface area contributed by atoms with Crippen molar-refractivity contribution in [3.63, 3.8) is 0 Å². The van der Waals surface area contributed by atoms with E-state index in [1.165, 1.54) is 0 Å². The highest BCUT2D eigenvalue weighted by Crippen LogP contribution is 2.32. The van der Waals surface area contributed by atoms with Gasteiger partial charge in [-0.15, -0.1) is 0 Å². The SMILES string of the molecule is N#CCCN1CCN(C(=S)c2ccc(-c3cc(Cl)ccc3Cl)o2)CC1. The smallest absolute Gasteiger partial charge is 0.162 e. The van der Waals surface area contributed by atoms with E-state index in [0.29, 0.717) is 33.0 Å².